The molecule has 17 heavy (non-hydrogen) atoms. The summed E-state index contributed by atoms with van der Waals surface area (Å²) in [5.41, 5.74) is -1.04. The fourth-order valence-corrected chi connectivity index (χ4v) is 5.02. The lowest BCUT2D eigenvalue weighted by molar-refractivity contribution is -0.133. The summed E-state index contributed by atoms with van der Waals surface area (Å²) in [4.78, 5) is 10.2. The molecule has 0 heterocycles. The van der Waals surface area contributed by atoms with Gasteiger partial charge in [0, 0.05) is 9.83 Å². The zero-order valence-electron chi connectivity index (χ0n) is 8.77. The van der Waals surface area contributed by atoms with Crippen LogP contribution in [-0.2, 0) is 8.98 Å². The number of aliphatic carboxylic acids is 1. The summed E-state index contributed by atoms with van der Waals surface area (Å²) in [5, 5.41) is 35.3. The third-order valence-corrected chi connectivity index (χ3v) is 7.12. The summed E-state index contributed by atoms with van der Waals surface area (Å²) >= 11 is 1.01. The molecule has 0 aliphatic carbocycles. The van der Waals surface area contributed by atoms with Gasteiger partial charge < -0.3 is 24.6 Å². The lowest BCUT2D eigenvalue weighted by Gasteiger charge is -2.25. The van der Waals surface area contributed by atoms with Crippen LogP contribution in [0.25, 0.3) is 0 Å². The van der Waals surface area contributed by atoms with E-state index < -0.39 is 11.4 Å². The van der Waals surface area contributed by atoms with Gasteiger partial charge in [-0.15, -0.1) is 0 Å². The van der Waals surface area contributed by atoms with Crippen molar-refractivity contribution in [3.63, 3.8) is 0 Å². The number of aliphatic hydroxyl groups is 3. The zero-order valence-corrected chi connectivity index (χ0v) is 12.0. The molecule has 0 aliphatic rings. The first kappa shape index (κ1) is 17.7. The fraction of sp³-hybridized carbons (Fsp3) is 0.857. The second-order valence-corrected chi connectivity index (χ2v) is 8.65. The van der Waals surface area contributed by atoms with E-state index in [1.54, 1.807) is 0 Å². The van der Waals surface area contributed by atoms with Gasteiger partial charge in [-0.25, -0.2) is 0 Å². The lowest BCUT2D eigenvalue weighted by atomic mass is 9.93. The van der Waals surface area contributed by atoms with Crippen molar-refractivity contribution in [2.24, 2.45) is 5.41 Å². The van der Waals surface area contributed by atoms with Crippen LogP contribution in [0.1, 0.15) is 0 Å². The van der Waals surface area contributed by atoms with E-state index >= 15 is 0 Å². The number of carbonyl (C=O) groups is 1. The van der Waals surface area contributed by atoms with Crippen molar-refractivity contribution in [2.75, 3.05) is 32.2 Å². The van der Waals surface area contributed by atoms with E-state index in [2.05, 4.69) is 0 Å². The maximum atomic E-state index is 10.2. The molecule has 10 heteroatoms. The smallest absolute Gasteiger partial charge is 0.314 e. The molecule has 0 unspecified atom stereocenters. The topological polar surface area (TPSA) is 107 Å². The first-order chi connectivity index (χ1) is 8.10. The molecule has 0 bridgehead atoms. The molecule has 0 saturated carbocycles. The summed E-state index contributed by atoms with van der Waals surface area (Å²) in [5.74, 6) is -0.875. The summed E-state index contributed by atoms with van der Waals surface area (Å²) in [7, 11) is 3.66. The van der Waals surface area contributed by atoms with Crippen LogP contribution in [-0.4, -0.2) is 58.6 Å². The van der Waals surface area contributed by atoms with Crippen molar-refractivity contribution in [2.45, 2.75) is 0 Å². The van der Waals surface area contributed by atoms with Crippen LogP contribution in [0.2, 0.25) is 0 Å². The minimum atomic E-state index is -1.04. The number of hydrogen-bond donors (Lipinski definition) is 4. The Hall–Kier alpha value is 0.710. The molecule has 0 aromatic carbocycles. The van der Waals surface area contributed by atoms with Gasteiger partial charge in [-0.3, -0.25) is 4.79 Å². The highest BCUT2D eigenvalue weighted by molar-refractivity contribution is 9.25. The summed E-state index contributed by atoms with van der Waals surface area (Å²) in [6.45, 7) is -1.09. The standard InChI is InChI=1S/C7H14O6S4/c8-2-7(3-9,4-10)5-13-15-17-16-14-1-6(11)12/h8-10H,1-5H2,(H,11,12). The zero-order chi connectivity index (χ0) is 13.1. The molecule has 102 valence electrons. The van der Waals surface area contributed by atoms with Gasteiger partial charge >= 0.3 is 5.97 Å². The number of carboxylic acids is 1. The van der Waals surface area contributed by atoms with E-state index in [9.17, 15) is 4.79 Å². The van der Waals surface area contributed by atoms with Crippen LogP contribution in [0.15, 0.2) is 0 Å². The molecule has 0 aromatic rings. The highest BCUT2D eigenvalue weighted by Gasteiger charge is 2.28. The molecule has 0 radical (unpaired) electrons. The van der Waals surface area contributed by atoms with Crippen LogP contribution >= 0.6 is 41.5 Å². The highest BCUT2D eigenvalue weighted by atomic mass is 33.7. The Balaban J connectivity index is 3.52. The molecule has 6 nitrogen and oxygen atoms in total. The second kappa shape index (κ2) is 10.6. The van der Waals surface area contributed by atoms with Gasteiger partial charge in [-0.2, -0.15) is 0 Å². The Bertz CT molecular complexity index is 204. The molecule has 0 fully saturated rings. The first-order valence-electron chi connectivity index (χ1n) is 4.39. The lowest BCUT2D eigenvalue weighted by Crippen LogP contribution is -2.37. The average Bonchev–Trinajstić information content (AvgIpc) is 2.33. The first-order valence-corrected chi connectivity index (χ1v) is 9.30. The van der Waals surface area contributed by atoms with E-state index in [1.165, 1.54) is 30.4 Å². The predicted octanol–water partition coefficient (Wildman–Crippen LogP) is 0.644. The van der Waals surface area contributed by atoms with Crippen molar-refractivity contribution in [3.8, 4) is 0 Å². The van der Waals surface area contributed by atoms with Crippen LogP contribution in [0.5, 0.6) is 0 Å². The summed E-state index contributed by atoms with van der Waals surface area (Å²) in [6.07, 6.45) is 0. The monoisotopic (exact) mass is 322 g/mol. The third-order valence-electron chi connectivity index (χ3n) is 1.71. The molecule has 0 aliphatic heterocycles. The van der Waals surface area contributed by atoms with Gasteiger partial charge in [-0.05, 0) is 9.83 Å². The van der Waals surface area contributed by atoms with Crippen LogP contribution in [0, 0.1) is 5.41 Å². The van der Waals surface area contributed by atoms with Gasteiger partial charge in [0.25, 0.3) is 0 Å². The van der Waals surface area contributed by atoms with Gasteiger partial charge in [0.05, 0.1) is 42.9 Å². The Kier molecular flexibility index (Phi) is 11.1. The maximum absolute atomic E-state index is 10.2. The van der Waals surface area contributed by atoms with Crippen LogP contribution < -0.4 is 0 Å². The Morgan fingerprint density at radius 1 is 1.12 bits per heavy atom. The van der Waals surface area contributed by atoms with Crippen molar-refractivity contribution in [1.29, 1.82) is 0 Å². The minimum Gasteiger partial charge on any atom is -0.481 e. The van der Waals surface area contributed by atoms with E-state index in [1.807, 2.05) is 0 Å². The summed E-state index contributed by atoms with van der Waals surface area (Å²) < 4.78 is 5.10. The van der Waals surface area contributed by atoms with Gasteiger partial charge in [0.1, 0.15) is 5.75 Å². The highest BCUT2D eigenvalue weighted by Crippen LogP contribution is 2.43. The minimum absolute atomic E-state index is 0.00604. The van der Waals surface area contributed by atoms with E-state index in [4.69, 9.17) is 24.6 Å². The van der Waals surface area contributed by atoms with E-state index in [0.717, 1.165) is 11.1 Å². The normalized spacial score (nSPS) is 11.7. The van der Waals surface area contributed by atoms with Gasteiger partial charge in [0.2, 0.25) is 0 Å². The number of hydrogen-bond acceptors (Lipinski definition) is 9. The van der Waals surface area contributed by atoms with Crippen LogP contribution in [0.3, 0.4) is 0 Å². The van der Waals surface area contributed by atoms with Crippen molar-refractivity contribution in [1.82, 2.24) is 0 Å². The van der Waals surface area contributed by atoms with E-state index in [0.29, 0.717) is 0 Å². The maximum Gasteiger partial charge on any atom is 0.314 e. The Labute approximate surface area is 114 Å². The number of aliphatic hydroxyl groups excluding tert-OH is 3. The molecular formula is C7H14O6S4. The van der Waals surface area contributed by atoms with Crippen LogP contribution in [0.4, 0.5) is 0 Å². The second-order valence-electron chi connectivity index (χ2n) is 3.10. The fourth-order valence-electron chi connectivity index (χ4n) is 0.561. The molecule has 0 atom stereocenters. The molecule has 0 spiro atoms. The SMILES string of the molecule is O=C(O)CSSSSOCC(CO)(CO)CO. The molecule has 4 N–H and O–H groups in total. The molecule has 0 aromatic heterocycles. The van der Waals surface area contributed by atoms with Crippen molar-refractivity contribution in [3.05, 3.63) is 0 Å². The molecule has 0 saturated heterocycles. The number of carboxylic acid groups (broad SMARTS) is 1. The van der Waals surface area contributed by atoms with E-state index in [-0.39, 0.29) is 32.2 Å². The third kappa shape index (κ3) is 8.43. The average molecular weight is 322 g/mol. The van der Waals surface area contributed by atoms with Gasteiger partial charge in [-0.1, -0.05) is 10.8 Å². The van der Waals surface area contributed by atoms with Gasteiger partial charge in [0.15, 0.2) is 0 Å². The Morgan fingerprint density at radius 3 is 2.18 bits per heavy atom. The predicted molar refractivity (Wildman–Crippen MR) is 72.5 cm³/mol. The number of rotatable bonds is 11. The largest absolute Gasteiger partial charge is 0.481 e. The quantitative estimate of drug-likeness (QED) is 0.246. The van der Waals surface area contributed by atoms with Crippen molar-refractivity contribution < 1.29 is 29.4 Å². The molecule has 0 amide bonds. The summed E-state index contributed by atoms with van der Waals surface area (Å²) in [6, 6.07) is 0. The Morgan fingerprint density at radius 2 is 1.71 bits per heavy atom. The molecule has 0 rings (SSSR count). The molecular weight excluding hydrogens is 308 g/mol. The van der Waals surface area contributed by atoms with Crippen molar-refractivity contribution >= 4 is 47.5 Å².